The molecule has 0 amide bonds. The van der Waals surface area contributed by atoms with E-state index in [0.29, 0.717) is 0 Å². The first-order chi connectivity index (χ1) is 6.52. The first kappa shape index (κ1) is 13.2. The lowest BCUT2D eigenvalue weighted by Crippen LogP contribution is -1.79. The van der Waals surface area contributed by atoms with Crippen molar-refractivity contribution in [2.24, 2.45) is 0 Å². The molecule has 0 radical (unpaired) electrons. The van der Waals surface area contributed by atoms with Crippen LogP contribution in [-0.4, -0.2) is 0 Å². The first-order valence-corrected chi connectivity index (χ1v) is 5.45. The Labute approximate surface area is 89.4 Å². The van der Waals surface area contributed by atoms with E-state index in [1.165, 1.54) is 29.6 Å². The second-order valence-electron chi connectivity index (χ2n) is 4.37. The summed E-state index contributed by atoms with van der Waals surface area (Å²) in [6.07, 6.45) is 9.29. The largest absolute Gasteiger partial charge is 0.100 e. The molecule has 0 aromatic rings. The summed E-state index contributed by atoms with van der Waals surface area (Å²) in [6, 6.07) is 0. The third-order valence-electron chi connectivity index (χ3n) is 2.16. The van der Waals surface area contributed by atoms with E-state index in [1.807, 2.05) is 0 Å². The van der Waals surface area contributed by atoms with E-state index >= 15 is 0 Å². The zero-order valence-corrected chi connectivity index (χ0v) is 10.2. The first-order valence-electron chi connectivity index (χ1n) is 5.45. The lowest BCUT2D eigenvalue weighted by atomic mass is 10.1. The number of allylic oxidation sites excluding steroid dienone is 5. The highest BCUT2D eigenvalue weighted by atomic mass is 14.0. The highest BCUT2D eigenvalue weighted by Crippen LogP contribution is 2.10. The standard InChI is InChI=1S/C14H24/c1-12(2)8-6-10-14(5)11-7-9-13(3)4/h9-10H,1,6-8,11H2,2-5H3/b14-10-. The van der Waals surface area contributed by atoms with Crippen LogP contribution in [-0.2, 0) is 0 Å². The Morgan fingerprint density at radius 3 is 2.00 bits per heavy atom. The molecular weight excluding hydrogens is 168 g/mol. The van der Waals surface area contributed by atoms with E-state index in [4.69, 9.17) is 0 Å². The monoisotopic (exact) mass is 192 g/mol. The van der Waals surface area contributed by atoms with Crippen LogP contribution in [0.15, 0.2) is 35.5 Å². The Morgan fingerprint density at radius 2 is 1.50 bits per heavy atom. The summed E-state index contributed by atoms with van der Waals surface area (Å²) in [5.74, 6) is 0. The third-order valence-corrected chi connectivity index (χ3v) is 2.16. The summed E-state index contributed by atoms with van der Waals surface area (Å²) < 4.78 is 0. The van der Waals surface area contributed by atoms with Gasteiger partial charge in [-0.1, -0.05) is 28.9 Å². The van der Waals surface area contributed by atoms with E-state index in [-0.39, 0.29) is 0 Å². The fraction of sp³-hybridized carbons (Fsp3) is 0.571. The second-order valence-corrected chi connectivity index (χ2v) is 4.37. The topological polar surface area (TPSA) is 0 Å². The molecule has 0 rings (SSSR count). The molecule has 0 saturated heterocycles. The zero-order valence-electron chi connectivity index (χ0n) is 10.2. The summed E-state index contributed by atoms with van der Waals surface area (Å²) in [5.41, 5.74) is 4.20. The Hall–Kier alpha value is -0.780. The SMILES string of the molecule is C=C(C)CC/C=C(/C)CCC=C(C)C. The molecule has 0 atom stereocenters. The molecular formula is C14H24. The van der Waals surface area contributed by atoms with E-state index in [9.17, 15) is 0 Å². The van der Waals surface area contributed by atoms with E-state index in [1.54, 1.807) is 0 Å². The van der Waals surface area contributed by atoms with Crippen LogP contribution < -0.4 is 0 Å². The molecule has 0 aromatic carbocycles. The fourth-order valence-corrected chi connectivity index (χ4v) is 1.26. The normalized spacial score (nSPS) is 11.3. The van der Waals surface area contributed by atoms with Gasteiger partial charge in [-0.25, -0.2) is 0 Å². The summed E-state index contributed by atoms with van der Waals surface area (Å²) in [7, 11) is 0. The molecule has 0 heterocycles. The molecule has 0 bridgehead atoms. The minimum Gasteiger partial charge on any atom is -0.100 e. The molecule has 0 unspecified atom stereocenters. The van der Waals surface area contributed by atoms with Crippen molar-refractivity contribution in [3.63, 3.8) is 0 Å². The van der Waals surface area contributed by atoms with Crippen molar-refractivity contribution in [1.82, 2.24) is 0 Å². The van der Waals surface area contributed by atoms with Crippen molar-refractivity contribution >= 4 is 0 Å². The van der Waals surface area contributed by atoms with Gasteiger partial charge in [0.1, 0.15) is 0 Å². The maximum absolute atomic E-state index is 3.90. The summed E-state index contributed by atoms with van der Waals surface area (Å²) in [4.78, 5) is 0. The predicted octanol–water partition coefficient (Wildman–Crippen LogP) is 5.04. The Balaban J connectivity index is 3.67. The van der Waals surface area contributed by atoms with E-state index in [0.717, 1.165) is 12.8 Å². The molecule has 0 aromatic heterocycles. The Morgan fingerprint density at radius 1 is 0.929 bits per heavy atom. The molecule has 0 nitrogen and oxygen atoms in total. The van der Waals surface area contributed by atoms with Crippen LogP contribution in [0, 0.1) is 0 Å². The lowest BCUT2D eigenvalue weighted by Gasteiger charge is -1.99. The highest BCUT2D eigenvalue weighted by molar-refractivity contribution is 5.03. The maximum atomic E-state index is 3.90. The summed E-state index contributed by atoms with van der Waals surface area (Å²) in [6.45, 7) is 12.5. The van der Waals surface area contributed by atoms with E-state index in [2.05, 4.69) is 46.4 Å². The van der Waals surface area contributed by atoms with Crippen LogP contribution in [0.3, 0.4) is 0 Å². The molecule has 0 aliphatic heterocycles. The smallest absolute Gasteiger partial charge is 0.0288 e. The molecule has 0 spiro atoms. The van der Waals surface area contributed by atoms with Crippen molar-refractivity contribution in [1.29, 1.82) is 0 Å². The van der Waals surface area contributed by atoms with Crippen molar-refractivity contribution in [2.45, 2.75) is 53.4 Å². The van der Waals surface area contributed by atoms with Gasteiger partial charge < -0.3 is 0 Å². The Bertz CT molecular complexity index is 224. The summed E-state index contributed by atoms with van der Waals surface area (Å²) in [5, 5.41) is 0. The molecule has 14 heavy (non-hydrogen) atoms. The average molecular weight is 192 g/mol. The van der Waals surface area contributed by atoms with Crippen molar-refractivity contribution < 1.29 is 0 Å². The minimum absolute atomic E-state index is 1.12. The zero-order chi connectivity index (χ0) is 11.0. The number of rotatable bonds is 6. The van der Waals surface area contributed by atoms with Crippen LogP contribution in [0.4, 0.5) is 0 Å². The number of hydrogen-bond acceptors (Lipinski definition) is 0. The quantitative estimate of drug-likeness (QED) is 0.517. The molecule has 0 heteroatoms. The molecule has 0 saturated carbocycles. The van der Waals surface area contributed by atoms with Gasteiger partial charge in [0.15, 0.2) is 0 Å². The van der Waals surface area contributed by atoms with Gasteiger partial charge >= 0.3 is 0 Å². The van der Waals surface area contributed by atoms with Crippen LogP contribution >= 0.6 is 0 Å². The van der Waals surface area contributed by atoms with Gasteiger partial charge in [-0.15, -0.1) is 6.58 Å². The van der Waals surface area contributed by atoms with Gasteiger partial charge in [0.2, 0.25) is 0 Å². The van der Waals surface area contributed by atoms with Gasteiger partial charge in [0, 0.05) is 0 Å². The third kappa shape index (κ3) is 9.31. The van der Waals surface area contributed by atoms with Crippen molar-refractivity contribution in [2.75, 3.05) is 0 Å². The molecule has 0 fully saturated rings. The van der Waals surface area contributed by atoms with Crippen molar-refractivity contribution in [3.05, 3.63) is 35.5 Å². The molecule has 0 N–H and O–H groups in total. The molecule has 0 aliphatic carbocycles. The fourth-order valence-electron chi connectivity index (χ4n) is 1.26. The van der Waals surface area contributed by atoms with Gasteiger partial charge in [0.25, 0.3) is 0 Å². The van der Waals surface area contributed by atoms with E-state index < -0.39 is 0 Å². The number of hydrogen-bond donors (Lipinski definition) is 0. The van der Waals surface area contributed by atoms with Crippen LogP contribution in [0.2, 0.25) is 0 Å². The van der Waals surface area contributed by atoms with Gasteiger partial charge in [-0.2, -0.15) is 0 Å². The molecule has 80 valence electrons. The summed E-state index contributed by atoms with van der Waals surface area (Å²) >= 11 is 0. The second kappa shape index (κ2) is 7.61. The average Bonchev–Trinajstić information content (AvgIpc) is 2.02. The van der Waals surface area contributed by atoms with Gasteiger partial charge in [-0.05, 0) is 53.4 Å². The highest BCUT2D eigenvalue weighted by Gasteiger charge is 1.89. The molecule has 0 aliphatic rings. The van der Waals surface area contributed by atoms with Crippen molar-refractivity contribution in [3.8, 4) is 0 Å². The minimum atomic E-state index is 1.12. The lowest BCUT2D eigenvalue weighted by molar-refractivity contribution is 0.920. The van der Waals surface area contributed by atoms with Gasteiger partial charge in [-0.3, -0.25) is 0 Å². The van der Waals surface area contributed by atoms with Crippen LogP contribution in [0.25, 0.3) is 0 Å². The van der Waals surface area contributed by atoms with Crippen LogP contribution in [0.5, 0.6) is 0 Å². The Kier molecular flexibility index (Phi) is 7.18. The maximum Gasteiger partial charge on any atom is -0.0288 e. The van der Waals surface area contributed by atoms with Gasteiger partial charge in [0.05, 0.1) is 0 Å². The predicted molar refractivity (Wildman–Crippen MR) is 66.5 cm³/mol. The van der Waals surface area contributed by atoms with Crippen LogP contribution in [0.1, 0.15) is 53.4 Å².